The second-order valence-corrected chi connectivity index (χ2v) is 13.6. The third-order valence-electron chi connectivity index (χ3n) is 9.86. The van der Waals surface area contributed by atoms with Gasteiger partial charge < -0.3 is 31.2 Å². The molecular weight excluding hydrogens is 721 g/mol. The number of esters is 2. The van der Waals surface area contributed by atoms with Crippen molar-refractivity contribution >= 4 is 47.5 Å². The number of nitrogens with two attached hydrogens (primary N) is 1. The monoisotopic (exact) mass is 760 g/mol. The molecule has 0 radical (unpaired) electrons. The fraction of sp³-hybridized carbons (Fsp3) is 0.152. The molecule has 11 heteroatoms. The van der Waals surface area contributed by atoms with Crippen molar-refractivity contribution in [1.29, 1.82) is 0 Å². The number of anilines is 1. The topological polar surface area (TPSA) is 166 Å². The highest BCUT2D eigenvalue weighted by Gasteiger charge is 2.30. The van der Waals surface area contributed by atoms with Crippen LogP contribution in [0.1, 0.15) is 45.2 Å². The smallest absolute Gasteiger partial charge is 0.325 e. The van der Waals surface area contributed by atoms with Gasteiger partial charge in [-0.3, -0.25) is 24.0 Å². The van der Waals surface area contributed by atoms with E-state index in [1.807, 2.05) is 72.8 Å². The molecule has 0 heterocycles. The van der Waals surface area contributed by atoms with E-state index in [0.29, 0.717) is 16.8 Å². The Hall–Kier alpha value is -7.11. The van der Waals surface area contributed by atoms with Gasteiger partial charge in [0.15, 0.2) is 0 Å². The van der Waals surface area contributed by atoms with Crippen LogP contribution in [0.3, 0.4) is 0 Å². The molecule has 0 aliphatic heterocycles. The lowest BCUT2D eigenvalue weighted by atomic mass is 9.98. The molecule has 0 bridgehead atoms. The fourth-order valence-electron chi connectivity index (χ4n) is 7.27. The number of amides is 3. The molecule has 5 aromatic carbocycles. The normalized spacial score (nSPS) is 12.7. The predicted octanol–water partition coefficient (Wildman–Crippen LogP) is 5.55. The predicted molar refractivity (Wildman–Crippen MR) is 218 cm³/mol. The molecule has 286 valence electrons. The Bertz CT molecular complexity index is 2170. The maximum absolute atomic E-state index is 12.7. The summed E-state index contributed by atoms with van der Waals surface area (Å²) in [6.45, 7) is -0.620. The van der Waals surface area contributed by atoms with Crippen LogP contribution >= 0.6 is 0 Å². The molecule has 3 amide bonds. The van der Waals surface area contributed by atoms with Crippen LogP contribution in [-0.4, -0.2) is 62.5 Å². The van der Waals surface area contributed by atoms with Gasteiger partial charge in [-0.25, -0.2) is 0 Å². The molecule has 2 aliphatic carbocycles. The van der Waals surface area contributed by atoms with E-state index in [0.717, 1.165) is 44.5 Å². The molecule has 2 aliphatic rings. The lowest BCUT2D eigenvalue weighted by Gasteiger charge is -2.14. The molecule has 0 atom stereocenters. The van der Waals surface area contributed by atoms with E-state index in [1.54, 1.807) is 18.2 Å². The van der Waals surface area contributed by atoms with Crippen LogP contribution in [0.15, 0.2) is 127 Å². The highest BCUT2D eigenvalue weighted by Crippen LogP contribution is 2.45. The van der Waals surface area contributed by atoms with E-state index in [1.165, 1.54) is 24.3 Å². The first kappa shape index (κ1) is 38.2. The van der Waals surface area contributed by atoms with Crippen molar-refractivity contribution in [2.45, 2.75) is 11.8 Å². The summed E-state index contributed by atoms with van der Waals surface area (Å²) in [4.78, 5) is 62.7. The Kier molecular flexibility index (Phi) is 11.8. The lowest BCUT2D eigenvalue weighted by Crippen LogP contribution is -2.30. The van der Waals surface area contributed by atoms with Crippen molar-refractivity contribution in [3.8, 4) is 22.3 Å². The van der Waals surface area contributed by atoms with Crippen molar-refractivity contribution < 1.29 is 33.4 Å². The molecule has 57 heavy (non-hydrogen) atoms. The average molecular weight is 761 g/mol. The number of carbonyl (C=O) groups excluding carboxylic acids is 5. The van der Waals surface area contributed by atoms with Gasteiger partial charge in [0.25, 0.3) is 0 Å². The van der Waals surface area contributed by atoms with E-state index >= 15 is 0 Å². The maximum atomic E-state index is 12.7. The highest BCUT2D eigenvalue weighted by atomic mass is 16.5. The number of carbonyl (C=O) groups is 5. The molecular formula is C46H40N4O7. The first-order valence-electron chi connectivity index (χ1n) is 18.5. The van der Waals surface area contributed by atoms with Crippen LogP contribution in [0.25, 0.3) is 34.4 Å². The third kappa shape index (κ3) is 9.07. The van der Waals surface area contributed by atoms with Gasteiger partial charge in [-0.2, -0.15) is 0 Å². The van der Waals surface area contributed by atoms with Gasteiger partial charge in [-0.05, 0) is 86.0 Å². The van der Waals surface area contributed by atoms with E-state index in [-0.39, 0.29) is 44.7 Å². The second-order valence-electron chi connectivity index (χ2n) is 13.6. The molecule has 0 fully saturated rings. The van der Waals surface area contributed by atoms with E-state index < -0.39 is 29.7 Å². The third-order valence-corrected chi connectivity index (χ3v) is 9.86. The molecule has 0 saturated carbocycles. The van der Waals surface area contributed by atoms with Crippen molar-refractivity contribution in [1.82, 2.24) is 10.6 Å². The Morgan fingerprint density at radius 3 is 1.28 bits per heavy atom. The van der Waals surface area contributed by atoms with Crippen LogP contribution in [0.4, 0.5) is 5.69 Å². The summed E-state index contributed by atoms with van der Waals surface area (Å²) in [5, 5.41) is 7.76. The van der Waals surface area contributed by atoms with Crippen LogP contribution in [0.2, 0.25) is 0 Å². The molecule has 11 nitrogen and oxygen atoms in total. The zero-order valence-electron chi connectivity index (χ0n) is 30.9. The number of fused-ring (bicyclic) bond motifs is 6. The fourth-order valence-corrected chi connectivity index (χ4v) is 7.27. The van der Waals surface area contributed by atoms with Crippen LogP contribution in [0, 0.1) is 0 Å². The SMILES string of the molecule is NCC(=O)Nc1cc(/C=C/C(=O)NCC(=O)OCC2c3ccccc3-c3ccccc32)cc(/C=C/C(=O)NCC(=O)OCC2c3ccccc3-c3ccccc32)c1. The highest BCUT2D eigenvalue weighted by molar-refractivity contribution is 5.96. The van der Waals surface area contributed by atoms with Crippen molar-refractivity contribution in [3.63, 3.8) is 0 Å². The number of hydrogen-bond acceptors (Lipinski definition) is 8. The first-order valence-corrected chi connectivity index (χ1v) is 18.5. The Labute approximate surface area is 329 Å². The van der Waals surface area contributed by atoms with E-state index in [4.69, 9.17) is 15.2 Å². The lowest BCUT2D eigenvalue weighted by molar-refractivity contribution is -0.144. The summed E-state index contributed by atoms with van der Waals surface area (Å²) in [6, 6.07) is 37.0. The van der Waals surface area contributed by atoms with Gasteiger partial charge in [-0.1, -0.05) is 97.1 Å². The number of nitrogens with one attached hydrogen (secondary N) is 3. The summed E-state index contributed by atoms with van der Waals surface area (Å²) in [5.74, 6) is -2.86. The van der Waals surface area contributed by atoms with Gasteiger partial charge in [0.1, 0.15) is 26.3 Å². The summed E-state index contributed by atoms with van der Waals surface area (Å²) in [5.41, 5.74) is 15.7. The molecule has 5 aromatic rings. The molecule has 0 unspecified atom stereocenters. The first-order chi connectivity index (χ1) is 27.8. The summed E-state index contributed by atoms with van der Waals surface area (Å²) in [7, 11) is 0. The number of benzene rings is 5. The Balaban J connectivity index is 0.905. The number of ether oxygens (including phenoxy) is 2. The minimum atomic E-state index is -0.575. The van der Waals surface area contributed by atoms with Gasteiger partial charge in [0.05, 0.1) is 6.54 Å². The van der Waals surface area contributed by atoms with Gasteiger partial charge in [-0.15, -0.1) is 0 Å². The summed E-state index contributed by atoms with van der Waals surface area (Å²) >= 11 is 0. The number of hydrogen-bond donors (Lipinski definition) is 4. The second kappa shape index (κ2) is 17.6. The zero-order chi connectivity index (χ0) is 39.7. The van der Waals surface area contributed by atoms with Gasteiger partial charge in [0.2, 0.25) is 17.7 Å². The largest absolute Gasteiger partial charge is 0.463 e. The van der Waals surface area contributed by atoms with Crippen molar-refractivity contribution in [2.24, 2.45) is 5.73 Å². The molecule has 5 N–H and O–H groups in total. The maximum Gasteiger partial charge on any atom is 0.325 e. The summed E-state index contributed by atoms with van der Waals surface area (Å²) in [6.07, 6.45) is 5.49. The van der Waals surface area contributed by atoms with Crippen LogP contribution in [0.5, 0.6) is 0 Å². The Morgan fingerprint density at radius 1 is 0.544 bits per heavy atom. The summed E-state index contributed by atoms with van der Waals surface area (Å²) < 4.78 is 11.1. The zero-order valence-corrected chi connectivity index (χ0v) is 30.9. The average Bonchev–Trinajstić information content (AvgIpc) is 3.74. The molecule has 0 saturated heterocycles. The minimum absolute atomic E-state index is 0.0976. The molecule has 7 rings (SSSR count). The number of rotatable bonds is 14. The Morgan fingerprint density at radius 2 is 0.912 bits per heavy atom. The van der Waals surface area contributed by atoms with Gasteiger partial charge >= 0.3 is 11.9 Å². The van der Waals surface area contributed by atoms with Crippen LogP contribution in [-0.2, 0) is 33.4 Å². The van der Waals surface area contributed by atoms with Crippen molar-refractivity contribution in [3.05, 3.63) is 161 Å². The molecule has 0 spiro atoms. The van der Waals surface area contributed by atoms with E-state index in [9.17, 15) is 24.0 Å². The molecule has 0 aromatic heterocycles. The van der Waals surface area contributed by atoms with E-state index in [2.05, 4.69) is 40.2 Å². The minimum Gasteiger partial charge on any atom is -0.463 e. The standard InChI is InChI=1S/C46H40N4O7/c47-24-44(53)50-31-22-29(17-19-42(51)48-25-45(54)56-27-40-36-13-5-1-9-32(36)33-10-2-6-14-37(33)40)21-30(23-31)18-20-43(52)49-26-46(55)57-28-41-38-15-7-3-11-34(38)35-12-4-8-16-39(35)41/h1-23,40-41H,24-28,47H2,(H,48,51)(H,49,52)(H,50,53)/b19-17+,20-18+. The quantitative estimate of drug-likeness (QED) is 0.0845. The van der Waals surface area contributed by atoms with Gasteiger partial charge in [0, 0.05) is 29.7 Å². The van der Waals surface area contributed by atoms with Crippen molar-refractivity contribution in [2.75, 3.05) is 38.2 Å². The van der Waals surface area contributed by atoms with Crippen LogP contribution < -0.4 is 21.7 Å².